The second-order valence-corrected chi connectivity index (χ2v) is 8.83. The number of carbonyl (C=O) groups excluding carboxylic acids is 1. The monoisotopic (exact) mass is 390 g/mol. The largest absolute Gasteiger partial charge is 0.507 e. The van der Waals surface area contributed by atoms with Crippen LogP contribution in [0.2, 0.25) is 0 Å². The maximum atomic E-state index is 12.7. The van der Waals surface area contributed by atoms with Crippen LogP contribution in [0.15, 0.2) is 42.5 Å². The number of phenolic OH excluding ortho intramolecular Hbond substituents is 1. The molecule has 0 saturated heterocycles. The number of carbonyl (C=O) groups is 1. The molecule has 0 aliphatic carbocycles. The lowest BCUT2D eigenvalue weighted by Gasteiger charge is -2.33. The lowest BCUT2D eigenvalue weighted by atomic mass is 9.91. The fourth-order valence-electron chi connectivity index (χ4n) is 3.69. The summed E-state index contributed by atoms with van der Waals surface area (Å²) >= 11 is 0. The quantitative estimate of drug-likeness (QED) is 0.549. The molecule has 0 radical (unpaired) electrons. The number of ketones is 1. The average molecular weight is 390 g/mol. The van der Waals surface area contributed by atoms with Crippen LogP contribution in [0, 0.1) is 0 Å². The van der Waals surface area contributed by atoms with Crippen molar-refractivity contribution in [2.24, 2.45) is 0 Å². The van der Waals surface area contributed by atoms with E-state index in [0.717, 1.165) is 23.3 Å². The molecule has 29 heavy (non-hydrogen) atoms. The van der Waals surface area contributed by atoms with Crippen molar-refractivity contribution in [3.63, 3.8) is 0 Å². The molecule has 2 aliphatic heterocycles. The van der Waals surface area contributed by atoms with Crippen LogP contribution in [0.1, 0.15) is 61.2 Å². The minimum absolute atomic E-state index is 0.0247. The van der Waals surface area contributed by atoms with E-state index in [1.807, 2.05) is 58.0 Å². The third kappa shape index (κ3) is 3.93. The van der Waals surface area contributed by atoms with Crippen molar-refractivity contribution in [2.75, 3.05) is 0 Å². The van der Waals surface area contributed by atoms with Gasteiger partial charge in [-0.3, -0.25) is 4.79 Å². The zero-order valence-electron chi connectivity index (χ0n) is 17.3. The van der Waals surface area contributed by atoms with Crippen LogP contribution in [0.5, 0.6) is 17.2 Å². The number of hydrogen-bond donors (Lipinski definition) is 1. The van der Waals surface area contributed by atoms with Crippen LogP contribution >= 0.6 is 0 Å². The third-order valence-corrected chi connectivity index (χ3v) is 5.37. The summed E-state index contributed by atoms with van der Waals surface area (Å²) in [5, 5.41) is 10.6. The maximum Gasteiger partial charge on any atom is 0.189 e. The number of rotatable bonds is 3. The summed E-state index contributed by atoms with van der Waals surface area (Å²) in [7, 11) is 0. The number of hydrogen-bond acceptors (Lipinski definition) is 4. The van der Waals surface area contributed by atoms with Gasteiger partial charge in [0.15, 0.2) is 5.78 Å². The number of benzene rings is 2. The number of allylic oxidation sites excluding steroid dienone is 1. The van der Waals surface area contributed by atoms with Crippen molar-refractivity contribution in [3.8, 4) is 17.2 Å². The highest BCUT2D eigenvalue weighted by Gasteiger charge is 2.29. The topological polar surface area (TPSA) is 55.8 Å². The van der Waals surface area contributed by atoms with Crippen LogP contribution in [0.25, 0.3) is 12.2 Å². The molecule has 2 aromatic rings. The van der Waals surface area contributed by atoms with E-state index in [1.54, 1.807) is 18.2 Å². The highest BCUT2D eigenvalue weighted by molar-refractivity contribution is 6.09. The Hall–Kier alpha value is -3.01. The Labute approximate surface area is 171 Å². The molecular weight excluding hydrogens is 364 g/mol. The van der Waals surface area contributed by atoms with Gasteiger partial charge in [-0.2, -0.15) is 0 Å². The molecule has 1 N–H and O–H groups in total. The van der Waals surface area contributed by atoms with Crippen LogP contribution in [0.4, 0.5) is 0 Å². The van der Waals surface area contributed by atoms with Gasteiger partial charge in [-0.05, 0) is 82.5 Å². The fourth-order valence-corrected chi connectivity index (χ4v) is 3.69. The molecule has 0 amide bonds. The van der Waals surface area contributed by atoms with E-state index < -0.39 is 0 Å². The van der Waals surface area contributed by atoms with Gasteiger partial charge < -0.3 is 14.6 Å². The van der Waals surface area contributed by atoms with Gasteiger partial charge in [-0.1, -0.05) is 18.2 Å². The average Bonchev–Trinajstić information content (AvgIpc) is 2.65. The first-order chi connectivity index (χ1) is 13.6. The normalized spacial score (nSPS) is 18.5. The van der Waals surface area contributed by atoms with Gasteiger partial charge >= 0.3 is 0 Å². The van der Waals surface area contributed by atoms with Gasteiger partial charge in [0, 0.05) is 11.1 Å². The molecule has 2 aromatic carbocycles. The number of fused-ring (bicyclic) bond motifs is 2. The summed E-state index contributed by atoms with van der Waals surface area (Å²) in [5.74, 6) is 1.28. The highest BCUT2D eigenvalue weighted by atomic mass is 16.5. The van der Waals surface area contributed by atoms with E-state index in [2.05, 4.69) is 0 Å². The van der Waals surface area contributed by atoms with Crippen LogP contribution < -0.4 is 9.47 Å². The Morgan fingerprint density at radius 3 is 2.62 bits per heavy atom. The molecule has 4 rings (SSSR count). The molecule has 4 heteroatoms. The first-order valence-corrected chi connectivity index (χ1v) is 9.92. The Morgan fingerprint density at radius 2 is 1.83 bits per heavy atom. The van der Waals surface area contributed by atoms with E-state index in [-0.39, 0.29) is 22.7 Å². The van der Waals surface area contributed by atoms with Crippen molar-refractivity contribution in [1.82, 2.24) is 0 Å². The summed E-state index contributed by atoms with van der Waals surface area (Å²) in [6.45, 7) is 8.06. The molecule has 2 aliphatic rings. The summed E-state index contributed by atoms with van der Waals surface area (Å²) in [6, 6.07) is 9.22. The molecule has 4 nitrogen and oxygen atoms in total. The zero-order valence-corrected chi connectivity index (χ0v) is 17.3. The van der Waals surface area contributed by atoms with Gasteiger partial charge in [0.05, 0.1) is 5.56 Å². The van der Waals surface area contributed by atoms with Crippen molar-refractivity contribution in [3.05, 3.63) is 64.7 Å². The van der Waals surface area contributed by atoms with E-state index in [4.69, 9.17) is 9.47 Å². The summed E-state index contributed by atoms with van der Waals surface area (Å²) in [4.78, 5) is 12.7. The summed E-state index contributed by atoms with van der Waals surface area (Å²) in [5.41, 5.74) is 2.31. The van der Waals surface area contributed by atoms with Crippen LogP contribution in [-0.2, 0) is 6.42 Å². The fraction of sp³-hybridized carbons (Fsp3) is 0.320. The number of phenols is 1. The van der Waals surface area contributed by atoms with Crippen molar-refractivity contribution >= 4 is 17.9 Å². The van der Waals surface area contributed by atoms with Crippen molar-refractivity contribution in [1.29, 1.82) is 0 Å². The van der Waals surface area contributed by atoms with Crippen LogP contribution in [0.3, 0.4) is 0 Å². The van der Waals surface area contributed by atoms with Gasteiger partial charge in [0.2, 0.25) is 0 Å². The smallest absolute Gasteiger partial charge is 0.189 e. The SMILES string of the molecule is CC1(C)C=Cc2cc(C=CC(=O)c3ccc4c(c3O)CCC(C)(C)O4)ccc2O1. The Morgan fingerprint density at radius 1 is 1.07 bits per heavy atom. The summed E-state index contributed by atoms with van der Waals surface area (Å²) in [6.07, 6.45) is 8.79. The van der Waals surface area contributed by atoms with E-state index in [9.17, 15) is 9.90 Å². The lowest BCUT2D eigenvalue weighted by molar-refractivity contribution is 0.0836. The molecule has 0 unspecified atom stereocenters. The van der Waals surface area contributed by atoms with E-state index >= 15 is 0 Å². The third-order valence-electron chi connectivity index (χ3n) is 5.37. The highest BCUT2D eigenvalue weighted by Crippen LogP contribution is 2.40. The predicted octanol–water partition coefficient (Wildman–Crippen LogP) is 5.58. The van der Waals surface area contributed by atoms with Crippen molar-refractivity contribution < 1.29 is 19.4 Å². The summed E-state index contributed by atoms with van der Waals surface area (Å²) < 4.78 is 11.9. The molecule has 0 fully saturated rings. The second kappa shape index (κ2) is 6.80. The molecule has 0 atom stereocenters. The number of ether oxygens (including phenoxy) is 2. The second-order valence-electron chi connectivity index (χ2n) is 8.83. The number of aromatic hydroxyl groups is 1. The predicted molar refractivity (Wildman–Crippen MR) is 115 cm³/mol. The van der Waals surface area contributed by atoms with Gasteiger partial charge in [0.25, 0.3) is 0 Å². The Balaban J connectivity index is 1.55. The van der Waals surface area contributed by atoms with Crippen LogP contribution in [-0.4, -0.2) is 22.1 Å². The zero-order chi connectivity index (χ0) is 20.8. The molecule has 150 valence electrons. The molecule has 0 aromatic heterocycles. The van der Waals surface area contributed by atoms with Gasteiger partial charge in [-0.15, -0.1) is 0 Å². The Kier molecular flexibility index (Phi) is 4.53. The standard InChI is InChI=1S/C25H26O4/c1-24(2)13-11-17-15-16(6-9-21(17)28-24)5-8-20(26)18-7-10-22-19(23(18)27)12-14-25(3,4)29-22/h5-11,13,15,27H,12,14H2,1-4H3. The first-order valence-electron chi connectivity index (χ1n) is 9.92. The maximum absolute atomic E-state index is 12.7. The van der Waals surface area contributed by atoms with E-state index in [0.29, 0.717) is 23.3 Å². The molecule has 0 saturated carbocycles. The van der Waals surface area contributed by atoms with Gasteiger partial charge in [0.1, 0.15) is 28.5 Å². The minimum atomic E-state index is -0.316. The van der Waals surface area contributed by atoms with Gasteiger partial charge in [-0.25, -0.2) is 0 Å². The van der Waals surface area contributed by atoms with Crippen molar-refractivity contribution in [2.45, 2.75) is 51.7 Å². The molecule has 0 bridgehead atoms. The molecule has 2 heterocycles. The lowest BCUT2D eigenvalue weighted by Crippen LogP contribution is -2.32. The molecular formula is C25H26O4. The Bertz CT molecular complexity index is 1040. The van der Waals surface area contributed by atoms with E-state index in [1.165, 1.54) is 6.08 Å². The minimum Gasteiger partial charge on any atom is -0.507 e. The first kappa shape index (κ1) is 19.3. The molecule has 0 spiro atoms.